The Morgan fingerprint density at radius 2 is 1.88 bits per heavy atom. The number of amides is 2. The van der Waals surface area contributed by atoms with Crippen LogP contribution >= 0.6 is 0 Å². The van der Waals surface area contributed by atoms with Crippen molar-refractivity contribution in [3.63, 3.8) is 0 Å². The van der Waals surface area contributed by atoms with Gasteiger partial charge in [0, 0.05) is 18.2 Å². The zero-order valence-electron chi connectivity index (χ0n) is 14.6. The van der Waals surface area contributed by atoms with Gasteiger partial charge in [0.15, 0.2) is 11.6 Å². The lowest BCUT2D eigenvalue weighted by Gasteiger charge is -2.16. The minimum atomic E-state index is -0.475. The van der Waals surface area contributed by atoms with Gasteiger partial charge in [0.1, 0.15) is 0 Å². The van der Waals surface area contributed by atoms with E-state index in [2.05, 4.69) is 10.6 Å². The van der Waals surface area contributed by atoms with E-state index in [1.54, 1.807) is 31.2 Å². The summed E-state index contributed by atoms with van der Waals surface area (Å²) in [5.74, 6) is -0.764. The largest absolute Gasteiger partial charge is 0.494 e. The third kappa shape index (κ3) is 4.56. The van der Waals surface area contributed by atoms with Crippen molar-refractivity contribution < 1.29 is 18.7 Å². The van der Waals surface area contributed by atoms with Gasteiger partial charge in [0.2, 0.25) is 5.91 Å². The second kappa shape index (κ2) is 7.79. The van der Waals surface area contributed by atoms with E-state index in [-0.39, 0.29) is 23.6 Å². The van der Waals surface area contributed by atoms with Gasteiger partial charge in [-0.1, -0.05) is 6.07 Å². The summed E-state index contributed by atoms with van der Waals surface area (Å²) in [6, 6.07) is 9.22. The number of ether oxygens (including phenoxy) is 1. The summed E-state index contributed by atoms with van der Waals surface area (Å²) < 4.78 is 18.7. The lowest BCUT2D eigenvalue weighted by atomic mass is 10.1. The van der Waals surface area contributed by atoms with Crippen LogP contribution in [0.15, 0.2) is 36.4 Å². The Kier molecular flexibility index (Phi) is 5.75. The monoisotopic (exact) mass is 344 g/mol. The molecule has 0 unspecified atom stereocenters. The number of aryl methyl sites for hydroxylation is 1. The standard InChI is InChI=1S/C19H21FN2O3/c1-11-9-15(5-7-17(11)22-13(3)23)19(24)21-12(2)14-6-8-18(25-4)16(20)10-14/h5-10,12H,1-4H3,(H,21,24)(H,22,23)/t12-/m1/s1. The summed E-state index contributed by atoms with van der Waals surface area (Å²) in [6.07, 6.45) is 0. The minimum Gasteiger partial charge on any atom is -0.494 e. The van der Waals surface area contributed by atoms with Crippen molar-refractivity contribution in [3.05, 3.63) is 58.9 Å². The normalized spacial score (nSPS) is 11.6. The predicted octanol–water partition coefficient (Wildman–Crippen LogP) is 3.59. The van der Waals surface area contributed by atoms with Crippen molar-refractivity contribution in [3.8, 4) is 5.75 Å². The van der Waals surface area contributed by atoms with Gasteiger partial charge < -0.3 is 15.4 Å². The smallest absolute Gasteiger partial charge is 0.251 e. The molecule has 2 N–H and O–H groups in total. The molecule has 0 heterocycles. The Morgan fingerprint density at radius 1 is 1.16 bits per heavy atom. The van der Waals surface area contributed by atoms with Gasteiger partial charge in [-0.3, -0.25) is 9.59 Å². The van der Waals surface area contributed by atoms with Gasteiger partial charge in [-0.25, -0.2) is 4.39 Å². The zero-order valence-corrected chi connectivity index (χ0v) is 14.6. The fourth-order valence-electron chi connectivity index (χ4n) is 2.45. The number of carbonyl (C=O) groups is 2. The molecule has 25 heavy (non-hydrogen) atoms. The molecule has 0 saturated heterocycles. The quantitative estimate of drug-likeness (QED) is 0.871. The van der Waals surface area contributed by atoms with Crippen LogP contribution in [0.2, 0.25) is 0 Å². The predicted molar refractivity (Wildman–Crippen MR) is 94.3 cm³/mol. The summed E-state index contributed by atoms with van der Waals surface area (Å²) in [7, 11) is 1.40. The molecule has 0 aliphatic heterocycles. The van der Waals surface area contributed by atoms with Crippen molar-refractivity contribution in [2.24, 2.45) is 0 Å². The Morgan fingerprint density at radius 3 is 2.44 bits per heavy atom. The van der Waals surface area contributed by atoms with Gasteiger partial charge in [-0.05, 0) is 55.3 Å². The second-order valence-electron chi connectivity index (χ2n) is 5.80. The first-order valence-electron chi connectivity index (χ1n) is 7.84. The van der Waals surface area contributed by atoms with E-state index in [9.17, 15) is 14.0 Å². The Labute approximate surface area is 146 Å². The van der Waals surface area contributed by atoms with E-state index in [0.29, 0.717) is 16.8 Å². The van der Waals surface area contributed by atoms with Gasteiger partial charge in [-0.2, -0.15) is 0 Å². The number of benzene rings is 2. The fourth-order valence-corrected chi connectivity index (χ4v) is 2.45. The molecule has 2 aromatic carbocycles. The van der Waals surface area contributed by atoms with E-state index in [1.807, 2.05) is 6.92 Å². The lowest BCUT2D eigenvalue weighted by molar-refractivity contribution is -0.114. The number of hydrogen-bond donors (Lipinski definition) is 2. The van der Waals surface area contributed by atoms with Gasteiger partial charge >= 0.3 is 0 Å². The van der Waals surface area contributed by atoms with Crippen LogP contribution in [0.3, 0.4) is 0 Å². The van der Waals surface area contributed by atoms with Crippen LogP contribution in [-0.4, -0.2) is 18.9 Å². The molecular formula is C19H21FN2O3. The number of carbonyl (C=O) groups excluding carboxylic acids is 2. The van der Waals surface area contributed by atoms with Gasteiger partial charge in [0.25, 0.3) is 5.91 Å². The molecule has 2 amide bonds. The molecule has 0 fully saturated rings. The molecule has 0 aliphatic carbocycles. The molecule has 0 radical (unpaired) electrons. The number of rotatable bonds is 5. The van der Waals surface area contributed by atoms with Crippen LogP contribution in [0.1, 0.15) is 41.4 Å². The number of nitrogens with one attached hydrogen (secondary N) is 2. The molecule has 6 heteroatoms. The Bertz CT molecular complexity index is 805. The van der Waals surface area contributed by atoms with Crippen LogP contribution in [0.5, 0.6) is 5.75 Å². The number of hydrogen-bond acceptors (Lipinski definition) is 3. The summed E-state index contributed by atoms with van der Waals surface area (Å²) in [5, 5.41) is 5.53. The number of anilines is 1. The van der Waals surface area contributed by atoms with Crippen LogP contribution in [0.4, 0.5) is 10.1 Å². The van der Waals surface area contributed by atoms with E-state index in [0.717, 1.165) is 5.56 Å². The molecule has 0 bridgehead atoms. The van der Waals surface area contributed by atoms with Gasteiger partial charge in [-0.15, -0.1) is 0 Å². The minimum absolute atomic E-state index is 0.159. The zero-order chi connectivity index (χ0) is 18.6. The highest BCUT2D eigenvalue weighted by Crippen LogP contribution is 2.22. The van der Waals surface area contributed by atoms with Crippen molar-refractivity contribution >= 4 is 17.5 Å². The fraction of sp³-hybridized carbons (Fsp3) is 0.263. The second-order valence-corrected chi connectivity index (χ2v) is 5.80. The topological polar surface area (TPSA) is 67.4 Å². The maximum absolute atomic E-state index is 13.8. The molecule has 0 aromatic heterocycles. The highest BCUT2D eigenvalue weighted by molar-refractivity contribution is 5.96. The van der Waals surface area contributed by atoms with Gasteiger partial charge in [0.05, 0.1) is 13.2 Å². The maximum Gasteiger partial charge on any atom is 0.251 e. The highest BCUT2D eigenvalue weighted by Gasteiger charge is 2.14. The average molecular weight is 344 g/mol. The summed E-state index contributed by atoms with van der Waals surface area (Å²) in [5.41, 5.74) is 2.55. The summed E-state index contributed by atoms with van der Waals surface area (Å²) in [4.78, 5) is 23.5. The molecule has 0 saturated carbocycles. The Balaban J connectivity index is 2.12. The highest BCUT2D eigenvalue weighted by atomic mass is 19.1. The molecule has 0 aliphatic rings. The van der Waals surface area contributed by atoms with Crippen LogP contribution in [0, 0.1) is 12.7 Å². The van der Waals surface area contributed by atoms with E-state index < -0.39 is 5.82 Å². The third-order valence-corrected chi connectivity index (χ3v) is 3.82. The van der Waals surface area contributed by atoms with Crippen molar-refractivity contribution in [2.75, 3.05) is 12.4 Å². The summed E-state index contributed by atoms with van der Waals surface area (Å²) in [6.45, 7) is 5.01. The first kappa shape index (κ1) is 18.4. The van der Waals surface area contributed by atoms with E-state index in [4.69, 9.17) is 4.74 Å². The van der Waals surface area contributed by atoms with E-state index in [1.165, 1.54) is 26.2 Å². The number of methoxy groups -OCH3 is 1. The van der Waals surface area contributed by atoms with Crippen molar-refractivity contribution in [1.29, 1.82) is 0 Å². The molecule has 2 rings (SSSR count). The van der Waals surface area contributed by atoms with E-state index >= 15 is 0 Å². The maximum atomic E-state index is 13.8. The van der Waals surface area contributed by atoms with Crippen molar-refractivity contribution in [1.82, 2.24) is 5.32 Å². The van der Waals surface area contributed by atoms with Crippen LogP contribution in [0.25, 0.3) is 0 Å². The Hall–Kier alpha value is -2.89. The molecule has 5 nitrogen and oxygen atoms in total. The number of halogens is 1. The molecular weight excluding hydrogens is 323 g/mol. The molecule has 2 aromatic rings. The SMILES string of the molecule is COc1ccc([C@@H](C)NC(=O)c2ccc(NC(C)=O)c(C)c2)cc1F. The molecule has 0 spiro atoms. The molecule has 132 valence electrons. The third-order valence-electron chi connectivity index (χ3n) is 3.82. The van der Waals surface area contributed by atoms with Crippen LogP contribution < -0.4 is 15.4 Å². The average Bonchev–Trinajstić information content (AvgIpc) is 2.56. The first-order chi connectivity index (χ1) is 11.8. The lowest BCUT2D eigenvalue weighted by Crippen LogP contribution is -2.26. The first-order valence-corrected chi connectivity index (χ1v) is 7.84. The van der Waals surface area contributed by atoms with Crippen LogP contribution in [-0.2, 0) is 4.79 Å². The summed E-state index contributed by atoms with van der Waals surface area (Å²) >= 11 is 0. The van der Waals surface area contributed by atoms with Crippen molar-refractivity contribution in [2.45, 2.75) is 26.8 Å². The molecule has 1 atom stereocenters.